The number of nitriles is 1. The van der Waals surface area contributed by atoms with E-state index in [1.807, 2.05) is 6.07 Å². The standard InChI is InChI=1S/C15H10FNO2/c16-14-5-12(8-17)4-13(6-14)10-19-15-3-1-2-11(7-15)9-18/h1-7,9H,10H2. The lowest BCUT2D eigenvalue weighted by Crippen LogP contribution is -1.97. The first kappa shape index (κ1) is 12.8. The van der Waals surface area contributed by atoms with Crippen LogP contribution in [0.1, 0.15) is 21.5 Å². The second-order valence-electron chi connectivity index (χ2n) is 3.94. The molecule has 3 nitrogen and oxygen atoms in total. The SMILES string of the molecule is N#Cc1cc(F)cc(COc2cccc(C=O)c2)c1. The summed E-state index contributed by atoms with van der Waals surface area (Å²) in [5.74, 6) is 0.0478. The number of ether oxygens (including phenoxy) is 1. The van der Waals surface area contributed by atoms with E-state index >= 15 is 0 Å². The summed E-state index contributed by atoms with van der Waals surface area (Å²) in [6.45, 7) is 0.134. The zero-order valence-corrected chi connectivity index (χ0v) is 9.97. The van der Waals surface area contributed by atoms with Crippen LogP contribution in [-0.4, -0.2) is 6.29 Å². The molecular formula is C15H10FNO2. The van der Waals surface area contributed by atoms with Crippen LogP contribution in [0.4, 0.5) is 4.39 Å². The average molecular weight is 255 g/mol. The molecule has 2 aromatic rings. The van der Waals surface area contributed by atoms with Crippen LogP contribution in [0.3, 0.4) is 0 Å². The normalized spacial score (nSPS) is 9.68. The molecule has 0 saturated carbocycles. The Morgan fingerprint density at radius 1 is 1.26 bits per heavy atom. The Kier molecular flexibility index (Phi) is 3.89. The van der Waals surface area contributed by atoms with E-state index in [-0.39, 0.29) is 12.2 Å². The predicted molar refractivity (Wildman–Crippen MR) is 67.3 cm³/mol. The van der Waals surface area contributed by atoms with Crippen molar-refractivity contribution < 1.29 is 13.9 Å². The largest absolute Gasteiger partial charge is 0.489 e. The summed E-state index contributed by atoms with van der Waals surface area (Å²) in [5, 5.41) is 8.74. The number of halogens is 1. The number of hydrogen-bond donors (Lipinski definition) is 0. The highest BCUT2D eigenvalue weighted by Gasteiger charge is 2.02. The van der Waals surface area contributed by atoms with Crippen molar-refractivity contribution >= 4 is 6.29 Å². The number of benzene rings is 2. The lowest BCUT2D eigenvalue weighted by atomic mass is 10.1. The third-order valence-electron chi connectivity index (χ3n) is 2.49. The summed E-state index contributed by atoms with van der Waals surface area (Å²) in [5.41, 5.74) is 1.32. The van der Waals surface area contributed by atoms with Gasteiger partial charge in [0.15, 0.2) is 0 Å². The van der Waals surface area contributed by atoms with Gasteiger partial charge in [-0.2, -0.15) is 5.26 Å². The summed E-state index contributed by atoms with van der Waals surface area (Å²) in [7, 11) is 0. The van der Waals surface area contributed by atoms with Gasteiger partial charge in [0, 0.05) is 5.56 Å². The van der Waals surface area contributed by atoms with E-state index in [0.717, 1.165) is 12.4 Å². The van der Waals surface area contributed by atoms with Crippen LogP contribution in [-0.2, 0) is 6.61 Å². The number of hydrogen-bond acceptors (Lipinski definition) is 3. The van der Waals surface area contributed by atoms with E-state index < -0.39 is 5.82 Å². The topological polar surface area (TPSA) is 50.1 Å². The van der Waals surface area contributed by atoms with Crippen LogP contribution < -0.4 is 4.74 Å². The molecular weight excluding hydrogens is 245 g/mol. The molecule has 0 aliphatic heterocycles. The molecule has 0 N–H and O–H groups in total. The Hall–Kier alpha value is -2.67. The molecule has 2 rings (SSSR count). The molecule has 0 amide bonds. The van der Waals surface area contributed by atoms with Crippen LogP contribution in [0, 0.1) is 17.1 Å². The smallest absolute Gasteiger partial charge is 0.150 e. The van der Waals surface area contributed by atoms with Crippen LogP contribution >= 0.6 is 0 Å². The van der Waals surface area contributed by atoms with Crippen molar-refractivity contribution in [1.29, 1.82) is 5.26 Å². The summed E-state index contributed by atoms with van der Waals surface area (Å²) in [4.78, 5) is 10.6. The van der Waals surface area contributed by atoms with Gasteiger partial charge in [-0.05, 0) is 35.9 Å². The molecule has 0 aromatic heterocycles. The molecule has 0 radical (unpaired) electrons. The zero-order valence-electron chi connectivity index (χ0n) is 9.97. The van der Waals surface area contributed by atoms with Crippen molar-refractivity contribution in [3.05, 3.63) is 65.0 Å². The van der Waals surface area contributed by atoms with Crippen LogP contribution in [0.2, 0.25) is 0 Å². The molecule has 0 fully saturated rings. The number of aldehydes is 1. The van der Waals surface area contributed by atoms with Gasteiger partial charge in [0.2, 0.25) is 0 Å². The van der Waals surface area contributed by atoms with Crippen molar-refractivity contribution in [3.63, 3.8) is 0 Å². The Labute approximate surface area is 109 Å². The van der Waals surface area contributed by atoms with E-state index in [1.165, 1.54) is 6.07 Å². The minimum absolute atomic E-state index is 0.134. The molecule has 0 spiro atoms. The van der Waals surface area contributed by atoms with E-state index in [0.29, 0.717) is 16.9 Å². The Morgan fingerprint density at radius 2 is 2.11 bits per heavy atom. The lowest BCUT2D eigenvalue weighted by molar-refractivity contribution is 0.112. The number of nitrogens with zero attached hydrogens (tertiary/aromatic N) is 1. The van der Waals surface area contributed by atoms with Crippen LogP contribution in [0.15, 0.2) is 42.5 Å². The van der Waals surface area contributed by atoms with E-state index in [4.69, 9.17) is 10.00 Å². The number of rotatable bonds is 4. The Bertz CT molecular complexity index is 647. The van der Waals surface area contributed by atoms with Gasteiger partial charge in [-0.25, -0.2) is 4.39 Å². The fraction of sp³-hybridized carbons (Fsp3) is 0.0667. The van der Waals surface area contributed by atoms with Gasteiger partial charge in [-0.1, -0.05) is 12.1 Å². The number of carbonyl (C=O) groups excluding carboxylic acids is 1. The molecule has 4 heteroatoms. The van der Waals surface area contributed by atoms with Gasteiger partial charge in [-0.3, -0.25) is 4.79 Å². The summed E-state index contributed by atoms with van der Waals surface area (Å²) < 4.78 is 18.7. The van der Waals surface area contributed by atoms with E-state index in [2.05, 4.69) is 0 Å². The molecule has 0 saturated heterocycles. The molecule has 0 heterocycles. The van der Waals surface area contributed by atoms with Gasteiger partial charge in [0.05, 0.1) is 11.6 Å². The summed E-state index contributed by atoms with van der Waals surface area (Å²) in [6, 6.07) is 12.6. The maximum atomic E-state index is 13.2. The first-order chi connectivity index (χ1) is 9.21. The summed E-state index contributed by atoms with van der Waals surface area (Å²) in [6.07, 6.45) is 0.725. The average Bonchev–Trinajstić information content (AvgIpc) is 2.44. The number of carbonyl (C=O) groups is 1. The summed E-state index contributed by atoms with van der Waals surface area (Å²) >= 11 is 0. The van der Waals surface area contributed by atoms with Gasteiger partial charge in [-0.15, -0.1) is 0 Å². The van der Waals surface area contributed by atoms with E-state index in [9.17, 15) is 9.18 Å². The fourth-order valence-electron chi connectivity index (χ4n) is 1.64. The molecule has 0 aliphatic carbocycles. The molecule has 0 bridgehead atoms. The van der Waals surface area contributed by atoms with Gasteiger partial charge in [0.25, 0.3) is 0 Å². The van der Waals surface area contributed by atoms with Gasteiger partial charge >= 0.3 is 0 Å². The maximum absolute atomic E-state index is 13.2. The fourth-order valence-corrected chi connectivity index (χ4v) is 1.64. The maximum Gasteiger partial charge on any atom is 0.150 e. The minimum atomic E-state index is -0.473. The first-order valence-electron chi connectivity index (χ1n) is 5.59. The van der Waals surface area contributed by atoms with E-state index in [1.54, 1.807) is 30.3 Å². The Morgan fingerprint density at radius 3 is 2.84 bits per heavy atom. The van der Waals surface area contributed by atoms with Crippen molar-refractivity contribution in [2.75, 3.05) is 0 Å². The van der Waals surface area contributed by atoms with Crippen LogP contribution in [0.5, 0.6) is 5.75 Å². The molecule has 19 heavy (non-hydrogen) atoms. The first-order valence-corrected chi connectivity index (χ1v) is 5.59. The second kappa shape index (κ2) is 5.78. The van der Waals surface area contributed by atoms with Crippen molar-refractivity contribution in [1.82, 2.24) is 0 Å². The highest BCUT2D eigenvalue weighted by molar-refractivity contribution is 5.75. The monoisotopic (exact) mass is 255 g/mol. The molecule has 0 atom stereocenters. The van der Waals surface area contributed by atoms with Crippen molar-refractivity contribution in [2.24, 2.45) is 0 Å². The third kappa shape index (κ3) is 3.39. The molecule has 2 aromatic carbocycles. The highest BCUT2D eigenvalue weighted by Crippen LogP contribution is 2.15. The molecule has 0 unspecified atom stereocenters. The van der Waals surface area contributed by atoms with Crippen LogP contribution in [0.25, 0.3) is 0 Å². The van der Waals surface area contributed by atoms with Crippen molar-refractivity contribution in [3.8, 4) is 11.8 Å². The second-order valence-corrected chi connectivity index (χ2v) is 3.94. The Balaban J connectivity index is 2.12. The van der Waals surface area contributed by atoms with Crippen molar-refractivity contribution in [2.45, 2.75) is 6.61 Å². The lowest BCUT2D eigenvalue weighted by Gasteiger charge is -2.07. The molecule has 0 aliphatic rings. The highest BCUT2D eigenvalue weighted by atomic mass is 19.1. The minimum Gasteiger partial charge on any atom is -0.489 e. The van der Waals surface area contributed by atoms with Gasteiger partial charge < -0.3 is 4.74 Å². The zero-order chi connectivity index (χ0) is 13.7. The third-order valence-corrected chi connectivity index (χ3v) is 2.49. The van der Waals surface area contributed by atoms with Gasteiger partial charge in [0.1, 0.15) is 24.5 Å². The molecule has 94 valence electrons. The predicted octanol–water partition coefficient (Wildman–Crippen LogP) is 3.09. The quantitative estimate of drug-likeness (QED) is 0.789.